The number of rotatable bonds is 7. The summed E-state index contributed by atoms with van der Waals surface area (Å²) in [6.45, 7) is 5.40. The Morgan fingerprint density at radius 2 is 1.61 bits per heavy atom. The van der Waals surface area contributed by atoms with E-state index in [2.05, 4.69) is 13.8 Å². The summed E-state index contributed by atoms with van der Waals surface area (Å²) >= 11 is 0. The summed E-state index contributed by atoms with van der Waals surface area (Å²) < 4.78 is 15.8. The summed E-state index contributed by atoms with van der Waals surface area (Å²) in [5.74, 6) is 4.60. The predicted molar refractivity (Wildman–Crippen MR) is 87.6 cm³/mol. The molecule has 0 spiro atoms. The molecular weight excluding hydrogens is 292 g/mol. The van der Waals surface area contributed by atoms with Crippen LogP contribution in [0.4, 0.5) is 0 Å². The highest BCUT2D eigenvalue weighted by molar-refractivity contribution is 5.74. The van der Waals surface area contributed by atoms with Gasteiger partial charge in [-0.1, -0.05) is 26.7 Å². The lowest BCUT2D eigenvalue weighted by Gasteiger charge is -2.39. The maximum absolute atomic E-state index is 12.7. The second kappa shape index (κ2) is 7.10. The molecule has 4 nitrogen and oxygen atoms in total. The van der Waals surface area contributed by atoms with Gasteiger partial charge in [-0.25, -0.2) is 0 Å². The number of carbonyl (C=O) groups excluding carboxylic acids is 1. The van der Waals surface area contributed by atoms with Crippen molar-refractivity contribution in [3.63, 3.8) is 0 Å². The van der Waals surface area contributed by atoms with Crippen LogP contribution >= 0.6 is 0 Å². The van der Waals surface area contributed by atoms with Gasteiger partial charge in [0, 0.05) is 14.2 Å². The fourth-order valence-corrected chi connectivity index (χ4v) is 6.52. The Morgan fingerprint density at radius 3 is 2.17 bits per heavy atom. The first-order chi connectivity index (χ1) is 11.2. The van der Waals surface area contributed by atoms with Crippen LogP contribution in [0, 0.1) is 47.3 Å². The monoisotopic (exact) mass is 324 g/mol. The predicted octanol–water partition coefficient (Wildman–Crippen LogP) is 3.35. The van der Waals surface area contributed by atoms with Crippen LogP contribution in [0.25, 0.3) is 0 Å². The SMILES string of the molecule is CCC1CC(CC)C2C3CC(C(COC)C3C(=O)OCOC)C12. The van der Waals surface area contributed by atoms with E-state index in [9.17, 15) is 4.79 Å². The molecule has 8 atom stereocenters. The van der Waals surface area contributed by atoms with Crippen LogP contribution in [0.5, 0.6) is 0 Å². The summed E-state index contributed by atoms with van der Waals surface area (Å²) in [6, 6.07) is 0. The van der Waals surface area contributed by atoms with Crippen LogP contribution < -0.4 is 0 Å². The van der Waals surface area contributed by atoms with Gasteiger partial charge >= 0.3 is 5.97 Å². The molecule has 3 aliphatic rings. The van der Waals surface area contributed by atoms with Gasteiger partial charge < -0.3 is 14.2 Å². The van der Waals surface area contributed by atoms with Crippen LogP contribution in [0.2, 0.25) is 0 Å². The molecule has 132 valence electrons. The molecule has 0 aliphatic heterocycles. The molecule has 0 radical (unpaired) electrons. The van der Waals surface area contributed by atoms with E-state index in [1.165, 1.54) is 25.7 Å². The molecular formula is C19H32O4. The molecule has 0 aromatic carbocycles. The minimum absolute atomic E-state index is 0.0148. The zero-order valence-electron chi connectivity index (χ0n) is 15.0. The van der Waals surface area contributed by atoms with Crippen LogP contribution in [0.1, 0.15) is 39.5 Å². The third kappa shape index (κ3) is 2.72. The standard InChI is InChI=1S/C19H32O4/c1-5-11-7-12(6-2)17-14-8-13(16(11)17)15(9-21-3)18(14)19(20)23-10-22-4/h11-18H,5-10H2,1-4H3. The number of hydrogen-bond acceptors (Lipinski definition) is 4. The maximum atomic E-state index is 12.7. The van der Waals surface area contributed by atoms with Crippen molar-refractivity contribution in [1.29, 1.82) is 0 Å². The van der Waals surface area contributed by atoms with E-state index in [0.717, 1.165) is 23.7 Å². The van der Waals surface area contributed by atoms with Gasteiger partial charge in [0.25, 0.3) is 0 Å². The first-order valence-corrected chi connectivity index (χ1v) is 9.32. The molecule has 3 aliphatic carbocycles. The lowest BCUT2D eigenvalue weighted by atomic mass is 9.66. The largest absolute Gasteiger partial charge is 0.438 e. The van der Waals surface area contributed by atoms with Gasteiger partial charge in [-0.3, -0.25) is 4.79 Å². The first-order valence-electron chi connectivity index (χ1n) is 9.32. The van der Waals surface area contributed by atoms with E-state index < -0.39 is 0 Å². The Hall–Kier alpha value is -0.610. The normalized spacial score (nSPS) is 44.5. The highest BCUT2D eigenvalue weighted by Gasteiger charge is 2.65. The van der Waals surface area contributed by atoms with Gasteiger partial charge in [-0.05, 0) is 54.3 Å². The topological polar surface area (TPSA) is 44.8 Å². The smallest absolute Gasteiger partial charge is 0.311 e. The summed E-state index contributed by atoms with van der Waals surface area (Å²) in [5.41, 5.74) is 0. The molecule has 2 bridgehead atoms. The van der Waals surface area contributed by atoms with Gasteiger partial charge in [0.15, 0.2) is 6.79 Å². The number of methoxy groups -OCH3 is 2. The highest BCUT2D eigenvalue weighted by Crippen LogP contribution is 2.67. The van der Waals surface area contributed by atoms with Gasteiger partial charge in [-0.15, -0.1) is 0 Å². The Kier molecular flexibility index (Phi) is 5.32. The zero-order valence-corrected chi connectivity index (χ0v) is 15.0. The second-order valence-electron chi connectivity index (χ2n) is 7.81. The van der Waals surface area contributed by atoms with Crippen molar-refractivity contribution in [3.8, 4) is 0 Å². The van der Waals surface area contributed by atoms with E-state index in [1.807, 2.05) is 0 Å². The van der Waals surface area contributed by atoms with Crippen LogP contribution in [0.15, 0.2) is 0 Å². The lowest BCUT2D eigenvalue weighted by Crippen LogP contribution is -2.42. The van der Waals surface area contributed by atoms with Crippen LogP contribution in [-0.4, -0.2) is 33.6 Å². The summed E-state index contributed by atoms with van der Waals surface area (Å²) in [7, 11) is 3.31. The summed E-state index contributed by atoms with van der Waals surface area (Å²) in [6.07, 6.45) is 5.08. The van der Waals surface area contributed by atoms with Crippen molar-refractivity contribution >= 4 is 5.97 Å². The van der Waals surface area contributed by atoms with Crippen molar-refractivity contribution < 1.29 is 19.0 Å². The van der Waals surface area contributed by atoms with Crippen LogP contribution in [-0.2, 0) is 19.0 Å². The molecule has 0 N–H and O–H groups in total. The Bertz CT molecular complexity index is 424. The molecule has 3 saturated carbocycles. The van der Waals surface area contributed by atoms with Crippen molar-refractivity contribution in [2.75, 3.05) is 27.6 Å². The van der Waals surface area contributed by atoms with Gasteiger partial charge in [-0.2, -0.15) is 0 Å². The summed E-state index contributed by atoms with van der Waals surface area (Å²) in [5, 5.41) is 0. The van der Waals surface area contributed by atoms with Crippen LogP contribution in [0.3, 0.4) is 0 Å². The average molecular weight is 324 g/mol. The second-order valence-corrected chi connectivity index (χ2v) is 7.81. The number of carbonyl (C=O) groups is 1. The minimum Gasteiger partial charge on any atom is -0.438 e. The van der Waals surface area contributed by atoms with E-state index in [1.54, 1.807) is 14.2 Å². The molecule has 4 heteroatoms. The highest BCUT2D eigenvalue weighted by atomic mass is 16.7. The van der Waals surface area contributed by atoms with Gasteiger partial charge in [0.1, 0.15) is 0 Å². The van der Waals surface area contributed by atoms with Crippen molar-refractivity contribution in [1.82, 2.24) is 0 Å². The average Bonchev–Trinajstić information content (AvgIpc) is 3.21. The fourth-order valence-electron chi connectivity index (χ4n) is 6.52. The number of ether oxygens (including phenoxy) is 3. The van der Waals surface area contributed by atoms with E-state index in [4.69, 9.17) is 14.2 Å². The Morgan fingerprint density at radius 1 is 0.957 bits per heavy atom. The van der Waals surface area contributed by atoms with E-state index in [-0.39, 0.29) is 18.7 Å². The molecule has 0 amide bonds. The van der Waals surface area contributed by atoms with Gasteiger partial charge in [0.05, 0.1) is 12.5 Å². The molecule has 3 rings (SSSR count). The fraction of sp³-hybridized carbons (Fsp3) is 0.947. The lowest BCUT2D eigenvalue weighted by molar-refractivity contribution is -0.166. The minimum atomic E-state index is -0.0605. The number of hydrogen-bond donors (Lipinski definition) is 0. The van der Waals surface area contributed by atoms with Crippen molar-refractivity contribution in [2.45, 2.75) is 39.5 Å². The van der Waals surface area contributed by atoms with Crippen molar-refractivity contribution in [2.24, 2.45) is 47.3 Å². The number of esters is 1. The third-order valence-corrected chi connectivity index (χ3v) is 7.14. The molecule has 0 aromatic rings. The number of fused-ring (bicyclic) bond motifs is 5. The zero-order chi connectivity index (χ0) is 16.6. The van der Waals surface area contributed by atoms with Gasteiger partial charge in [0.2, 0.25) is 0 Å². The molecule has 3 fully saturated rings. The van der Waals surface area contributed by atoms with Crippen molar-refractivity contribution in [3.05, 3.63) is 0 Å². The Balaban J connectivity index is 1.84. The van der Waals surface area contributed by atoms with E-state index >= 15 is 0 Å². The Labute approximate surface area is 140 Å². The first kappa shape index (κ1) is 17.2. The molecule has 0 heterocycles. The molecule has 8 unspecified atom stereocenters. The maximum Gasteiger partial charge on any atom is 0.311 e. The molecule has 0 saturated heterocycles. The quantitative estimate of drug-likeness (QED) is 0.532. The third-order valence-electron chi connectivity index (χ3n) is 7.14. The molecule has 23 heavy (non-hydrogen) atoms. The summed E-state index contributed by atoms with van der Waals surface area (Å²) in [4.78, 5) is 12.7. The molecule has 0 aromatic heterocycles. The van der Waals surface area contributed by atoms with E-state index in [0.29, 0.717) is 24.4 Å².